The van der Waals surface area contributed by atoms with Gasteiger partial charge in [-0.15, -0.1) is 11.3 Å². The number of nitrogens with zero attached hydrogens (tertiary/aromatic N) is 1. The lowest BCUT2D eigenvalue weighted by Crippen LogP contribution is -2.41. The first-order valence-corrected chi connectivity index (χ1v) is 8.57. The number of hydrogen-bond acceptors (Lipinski definition) is 3. The molecule has 1 aromatic heterocycles. The van der Waals surface area contributed by atoms with E-state index in [1.807, 2.05) is 17.0 Å². The number of piperidine rings is 1. The summed E-state index contributed by atoms with van der Waals surface area (Å²) in [6, 6.07) is 3.86. The van der Waals surface area contributed by atoms with Crippen molar-refractivity contribution in [3.63, 3.8) is 0 Å². The zero-order valence-electron chi connectivity index (χ0n) is 11.3. The zero-order chi connectivity index (χ0) is 13.7. The number of thiophene rings is 1. The van der Waals surface area contributed by atoms with E-state index in [1.165, 1.54) is 24.2 Å². The number of halogens is 1. The van der Waals surface area contributed by atoms with Crippen molar-refractivity contribution in [3.8, 4) is 0 Å². The monoisotopic (exact) mass is 344 g/mol. The van der Waals surface area contributed by atoms with Crippen molar-refractivity contribution in [1.82, 2.24) is 10.2 Å². The van der Waals surface area contributed by atoms with Gasteiger partial charge < -0.3 is 10.2 Å². The van der Waals surface area contributed by atoms with Gasteiger partial charge >= 0.3 is 0 Å². The molecular formula is C14H21BrN2OS. The Balaban J connectivity index is 1.99. The van der Waals surface area contributed by atoms with Gasteiger partial charge in [-0.05, 0) is 66.3 Å². The van der Waals surface area contributed by atoms with Crippen LogP contribution in [-0.2, 0) is 0 Å². The number of carbonyl (C=O) groups is 1. The maximum atomic E-state index is 12.5. The minimum Gasteiger partial charge on any atom is -0.338 e. The van der Waals surface area contributed by atoms with Crippen LogP contribution in [-0.4, -0.2) is 37.0 Å². The lowest BCUT2D eigenvalue weighted by atomic mass is 9.99. The SMILES string of the molecule is CCCN(CC1CCCNC1)C(=O)c1ccc(Br)s1. The predicted octanol–water partition coefficient (Wildman–Crippen LogP) is 3.36. The molecule has 0 bridgehead atoms. The van der Waals surface area contributed by atoms with Crippen molar-refractivity contribution in [3.05, 3.63) is 20.8 Å². The fourth-order valence-electron chi connectivity index (χ4n) is 2.52. The van der Waals surface area contributed by atoms with Crippen LogP contribution in [0.25, 0.3) is 0 Å². The first-order valence-electron chi connectivity index (χ1n) is 6.96. The number of nitrogens with one attached hydrogen (secondary N) is 1. The lowest BCUT2D eigenvalue weighted by molar-refractivity contribution is 0.0723. The minimum absolute atomic E-state index is 0.183. The van der Waals surface area contributed by atoms with E-state index < -0.39 is 0 Å². The molecule has 1 saturated heterocycles. The molecule has 3 nitrogen and oxygen atoms in total. The Bertz CT molecular complexity index is 415. The van der Waals surface area contributed by atoms with E-state index in [0.717, 1.165) is 41.3 Å². The van der Waals surface area contributed by atoms with Crippen LogP contribution >= 0.6 is 27.3 Å². The Morgan fingerprint density at radius 1 is 1.58 bits per heavy atom. The number of amides is 1. The first kappa shape index (κ1) is 15.0. The summed E-state index contributed by atoms with van der Waals surface area (Å²) in [4.78, 5) is 15.4. The fourth-order valence-corrected chi connectivity index (χ4v) is 3.88. The van der Waals surface area contributed by atoms with Crippen LogP contribution < -0.4 is 5.32 Å². The highest BCUT2D eigenvalue weighted by atomic mass is 79.9. The molecule has 1 aliphatic heterocycles. The summed E-state index contributed by atoms with van der Waals surface area (Å²) in [6.45, 7) is 6.03. The lowest BCUT2D eigenvalue weighted by Gasteiger charge is -2.29. The Labute approximate surface area is 127 Å². The molecule has 0 spiro atoms. The van der Waals surface area contributed by atoms with E-state index in [9.17, 15) is 4.79 Å². The Kier molecular flexibility index (Phi) is 5.85. The number of rotatable bonds is 5. The molecule has 1 N–H and O–H groups in total. The van der Waals surface area contributed by atoms with Gasteiger partial charge in [-0.2, -0.15) is 0 Å². The van der Waals surface area contributed by atoms with Crippen molar-refractivity contribution in [2.45, 2.75) is 26.2 Å². The summed E-state index contributed by atoms with van der Waals surface area (Å²) >= 11 is 4.95. The topological polar surface area (TPSA) is 32.3 Å². The van der Waals surface area contributed by atoms with E-state index in [1.54, 1.807) is 0 Å². The van der Waals surface area contributed by atoms with Gasteiger partial charge in [0, 0.05) is 13.1 Å². The smallest absolute Gasteiger partial charge is 0.263 e. The molecule has 5 heteroatoms. The summed E-state index contributed by atoms with van der Waals surface area (Å²) < 4.78 is 1.02. The number of carbonyl (C=O) groups excluding carboxylic acids is 1. The fraction of sp³-hybridized carbons (Fsp3) is 0.643. The van der Waals surface area contributed by atoms with Gasteiger partial charge in [-0.3, -0.25) is 4.79 Å². The third-order valence-corrected chi connectivity index (χ3v) is 5.05. The Morgan fingerprint density at radius 2 is 2.42 bits per heavy atom. The molecule has 1 amide bonds. The normalized spacial score (nSPS) is 19.4. The molecule has 106 valence electrons. The molecule has 19 heavy (non-hydrogen) atoms. The maximum Gasteiger partial charge on any atom is 0.263 e. The molecule has 1 fully saturated rings. The Hall–Kier alpha value is -0.390. The second-order valence-electron chi connectivity index (χ2n) is 5.07. The largest absolute Gasteiger partial charge is 0.338 e. The molecule has 1 unspecified atom stereocenters. The summed E-state index contributed by atoms with van der Waals surface area (Å²) in [5.74, 6) is 0.788. The first-order chi connectivity index (χ1) is 9.20. The van der Waals surface area contributed by atoms with Crippen molar-refractivity contribution in [2.24, 2.45) is 5.92 Å². The molecule has 0 aliphatic carbocycles. The van der Waals surface area contributed by atoms with E-state index in [-0.39, 0.29) is 5.91 Å². The summed E-state index contributed by atoms with van der Waals surface area (Å²) in [5, 5.41) is 3.42. The summed E-state index contributed by atoms with van der Waals surface area (Å²) in [7, 11) is 0. The zero-order valence-corrected chi connectivity index (χ0v) is 13.7. The van der Waals surface area contributed by atoms with Gasteiger partial charge in [-0.1, -0.05) is 6.92 Å². The second-order valence-corrected chi connectivity index (χ2v) is 7.53. The average molecular weight is 345 g/mol. The van der Waals surface area contributed by atoms with Gasteiger partial charge in [0.2, 0.25) is 0 Å². The van der Waals surface area contributed by atoms with Gasteiger partial charge in [0.05, 0.1) is 8.66 Å². The molecule has 1 atom stereocenters. The second kappa shape index (κ2) is 7.41. The van der Waals surface area contributed by atoms with Crippen LogP contribution in [0.1, 0.15) is 35.9 Å². The molecular weight excluding hydrogens is 324 g/mol. The van der Waals surface area contributed by atoms with Crippen LogP contribution in [0.5, 0.6) is 0 Å². The maximum absolute atomic E-state index is 12.5. The summed E-state index contributed by atoms with van der Waals surface area (Å²) in [5.41, 5.74) is 0. The van der Waals surface area contributed by atoms with E-state index in [4.69, 9.17) is 0 Å². The molecule has 1 aromatic rings. The molecule has 2 rings (SSSR count). The average Bonchev–Trinajstić information content (AvgIpc) is 2.85. The van der Waals surface area contributed by atoms with Crippen LogP contribution in [0.15, 0.2) is 15.9 Å². The number of hydrogen-bond donors (Lipinski definition) is 1. The van der Waals surface area contributed by atoms with Crippen molar-refractivity contribution >= 4 is 33.2 Å². The molecule has 0 saturated carbocycles. The van der Waals surface area contributed by atoms with Gasteiger partial charge in [0.15, 0.2) is 0 Å². The highest BCUT2D eigenvalue weighted by Gasteiger charge is 2.22. The van der Waals surface area contributed by atoms with Crippen molar-refractivity contribution in [1.29, 1.82) is 0 Å². The minimum atomic E-state index is 0.183. The van der Waals surface area contributed by atoms with E-state index >= 15 is 0 Å². The third kappa shape index (κ3) is 4.29. The third-order valence-electron chi connectivity index (χ3n) is 3.44. The van der Waals surface area contributed by atoms with Gasteiger partial charge in [0.25, 0.3) is 5.91 Å². The van der Waals surface area contributed by atoms with Crippen LogP contribution in [0.2, 0.25) is 0 Å². The molecule has 0 radical (unpaired) electrons. The molecule has 1 aliphatic rings. The standard InChI is InChI=1S/C14H21BrN2OS/c1-2-8-17(10-11-4-3-7-16-9-11)14(18)12-5-6-13(15)19-12/h5-6,11,16H,2-4,7-10H2,1H3. The van der Waals surface area contributed by atoms with E-state index in [0.29, 0.717) is 5.92 Å². The van der Waals surface area contributed by atoms with Crippen LogP contribution in [0.3, 0.4) is 0 Å². The highest BCUT2D eigenvalue weighted by molar-refractivity contribution is 9.11. The van der Waals surface area contributed by atoms with Gasteiger partial charge in [0.1, 0.15) is 0 Å². The molecule has 0 aromatic carbocycles. The van der Waals surface area contributed by atoms with Crippen LogP contribution in [0.4, 0.5) is 0 Å². The highest BCUT2D eigenvalue weighted by Crippen LogP contribution is 2.24. The van der Waals surface area contributed by atoms with Crippen molar-refractivity contribution in [2.75, 3.05) is 26.2 Å². The Morgan fingerprint density at radius 3 is 3.00 bits per heavy atom. The van der Waals surface area contributed by atoms with Crippen LogP contribution in [0, 0.1) is 5.92 Å². The van der Waals surface area contributed by atoms with Crippen molar-refractivity contribution < 1.29 is 4.79 Å². The quantitative estimate of drug-likeness (QED) is 0.888. The predicted molar refractivity (Wildman–Crippen MR) is 83.8 cm³/mol. The summed E-state index contributed by atoms with van der Waals surface area (Å²) in [6.07, 6.45) is 3.47. The van der Waals surface area contributed by atoms with E-state index in [2.05, 4.69) is 28.2 Å². The van der Waals surface area contributed by atoms with Gasteiger partial charge in [-0.25, -0.2) is 0 Å². The molecule has 2 heterocycles.